The number of carbonyl (C=O) groups excluding carboxylic acids is 2. The minimum absolute atomic E-state index is 0.130. The third-order valence-corrected chi connectivity index (χ3v) is 3.37. The summed E-state index contributed by atoms with van der Waals surface area (Å²) in [7, 11) is 0. The lowest BCUT2D eigenvalue weighted by molar-refractivity contribution is -0.120. The second-order valence-corrected chi connectivity index (χ2v) is 4.96. The summed E-state index contributed by atoms with van der Waals surface area (Å²) in [5, 5.41) is 2.60. The monoisotopic (exact) mass is 306 g/mol. The second kappa shape index (κ2) is 6.23. The van der Waals surface area contributed by atoms with Gasteiger partial charge >= 0.3 is 0 Å². The summed E-state index contributed by atoms with van der Waals surface area (Å²) in [6.07, 6.45) is 1.38. The lowest BCUT2D eigenvalue weighted by atomic mass is 10.1. The molecule has 3 rings (SSSR count). The maximum absolute atomic E-state index is 12.4. The topological polar surface area (TPSA) is 98.0 Å². The van der Waals surface area contributed by atoms with Crippen molar-refractivity contribution in [3.63, 3.8) is 0 Å². The van der Waals surface area contributed by atoms with E-state index >= 15 is 0 Å². The number of carbonyl (C=O) groups is 2. The molecule has 2 aromatic carbocycles. The zero-order valence-electron chi connectivity index (χ0n) is 12.1. The zero-order valence-corrected chi connectivity index (χ0v) is 12.1. The van der Waals surface area contributed by atoms with Gasteiger partial charge in [0.15, 0.2) is 0 Å². The van der Waals surface area contributed by atoms with Crippen LogP contribution in [0, 0.1) is 0 Å². The number of fused-ring (bicyclic) bond motifs is 1. The average molecular weight is 306 g/mol. The van der Waals surface area contributed by atoms with Gasteiger partial charge in [0.25, 0.3) is 5.91 Å². The normalized spacial score (nSPS) is 11.8. The number of aromatic nitrogens is 2. The number of nitrogens with zero attached hydrogens (tertiary/aromatic N) is 2. The van der Waals surface area contributed by atoms with Gasteiger partial charge < -0.3 is 11.1 Å². The fraction of sp³-hybridized carbons (Fsp3) is 0.0588. The number of rotatable bonds is 4. The van der Waals surface area contributed by atoms with Crippen LogP contribution in [0.4, 0.5) is 0 Å². The Morgan fingerprint density at radius 2 is 1.61 bits per heavy atom. The molecule has 114 valence electrons. The Labute approximate surface area is 132 Å². The summed E-state index contributed by atoms with van der Waals surface area (Å²) in [5.74, 6) is -1.14. The van der Waals surface area contributed by atoms with Crippen LogP contribution in [0.2, 0.25) is 0 Å². The van der Waals surface area contributed by atoms with Crippen LogP contribution < -0.4 is 11.1 Å². The van der Waals surface area contributed by atoms with E-state index in [1.165, 1.54) is 6.20 Å². The molecule has 0 aliphatic rings. The van der Waals surface area contributed by atoms with Crippen LogP contribution in [0.15, 0.2) is 60.8 Å². The molecule has 0 saturated carbocycles. The Hall–Kier alpha value is -3.28. The van der Waals surface area contributed by atoms with Crippen LogP contribution in [0.25, 0.3) is 11.0 Å². The van der Waals surface area contributed by atoms with Gasteiger partial charge in [-0.3, -0.25) is 14.6 Å². The predicted molar refractivity (Wildman–Crippen MR) is 85.4 cm³/mol. The van der Waals surface area contributed by atoms with Crippen LogP contribution in [0.5, 0.6) is 0 Å². The Balaban J connectivity index is 1.87. The molecule has 0 bridgehead atoms. The SMILES string of the molecule is NC(=O)[C@H](NC(=O)c1cnc2ccccc2n1)c1ccccc1. The highest BCUT2D eigenvalue weighted by atomic mass is 16.2. The Bertz CT molecular complexity index is 865. The summed E-state index contributed by atoms with van der Waals surface area (Å²) in [6, 6.07) is 15.1. The second-order valence-electron chi connectivity index (χ2n) is 4.96. The molecule has 1 heterocycles. The molecule has 0 radical (unpaired) electrons. The van der Waals surface area contributed by atoms with Crippen molar-refractivity contribution in [3.8, 4) is 0 Å². The minimum Gasteiger partial charge on any atom is -0.368 e. The van der Waals surface area contributed by atoms with E-state index in [4.69, 9.17) is 5.73 Å². The number of nitrogens with two attached hydrogens (primary N) is 1. The maximum Gasteiger partial charge on any atom is 0.272 e. The molecule has 0 saturated heterocycles. The van der Waals surface area contributed by atoms with Crippen molar-refractivity contribution < 1.29 is 9.59 Å². The first-order valence-electron chi connectivity index (χ1n) is 7.02. The number of hydrogen-bond donors (Lipinski definition) is 2. The molecule has 3 N–H and O–H groups in total. The largest absolute Gasteiger partial charge is 0.368 e. The molecule has 6 heteroatoms. The van der Waals surface area contributed by atoms with Crippen molar-refractivity contribution in [2.75, 3.05) is 0 Å². The molecule has 0 aliphatic heterocycles. The first-order valence-corrected chi connectivity index (χ1v) is 7.02. The molecule has 0 aliphatic carbocycles. The van der Waals surface area contributed by atoms with Crippen molar-refractivity contribution in [2.45, 2.75) is 6.04 Å². The maximum atomic E-state index is 12.4. The van der Waals surface area contributed by atoms with Gasteiger partial charge in [-0.25, -0.2) is 4.98 Å². The molecule has 23 heavy (non-hydrogen) atoms. The molecular formula is C17H14N4O2. The van der Waals surface area contributed by atoms with Crippen molar-refractivity contribution in [1.82, 2.24) is 15.3 Å². The first-order chi connectivity index (χ1) is 11.1. The molecule has 0 fully saturated rings. The van der Waals surface area contributed by atoms with Crippen LogP contribution in [0.1, 0.15) is 22.1 Å². The number of amides is 2. The molecule has 3 aromatic rings. The van der Waals surface area contributed by atoms with Crippen molar-refractivity contribution in [2.24, 2.45) is 5.73 Å². The van der Waals surface area contributed by atoms with Crippen LogP contribution in [0.3, 0.4) is 0 Å². The number of hydrogen-bond acceptors (Lipinski definition) is 4. The zero-order chi connectivity index (χ0) is 16.2. The molecule has 1 atom stereocenters. The lowest BCUT2D eigenvalue weighted by Gasteiger charge is -2.15. The fourth-order valence-corrected chi connectivity index (χ4v) is 2.24. The van der Waals surface area contributed by atoms with E-state index in [0.717, 1.165) is 0 Å². The summed E-state index contributed by atoms with van der Waals surface area (Å²) < 4.78 is 0. The summed E-state index contributed by atoms with van der Waals surface area (Å²) in [5.41, 5.74) is 7.44. The molecule has 2 amide bonds. The minimum atomic E-state index is -0.919. The molecule has 0 spiro atoms. The Morgan fingerprint density at radius 1 is 0.957 bits per heavy atom. The summed E-state index contributed by atoms with van der Waals surface area (Å²) in [6.45, 7) is 0. The predicted octanol–water partition coefficient (Wildman–Crippen LogP) is 1.59. The van der Waals surface area contributed by atoms with Gasteiger partial charge in [-0.15, -0.1) is 0 Å². The lowest BCUT2D eigenvalue weighted by Crippen LogP contribution is -2.37. The third-order valence-electron chi connectivity index (χ3n) is 3.37. The quantitative estimate of drug-likeness (QED) is 0.764. The van der Waals surface area contributed by atoms with Gasteiger partial charge in [0.2, 0.25) is 5.91 Å². The molecule has 1 aromatic heterocycles. The number of para-hydroxylation sites is 2. The van der Waals surface area contributed by atoms with Gasteiger partial charge in [0.05, 0.1) is 17.2 Å². The van der Waals surface area contributed by atoms with Gasteiger partial charge in [-0.05, 0) is 17.7 Å². The van der Waals surface area contributed by atoms with E-state index in [-0.39, 0.29) is 5.69 Å². The number of primary amides is 1. The third kappa shape index (κ3) is 3.16. The van der Waals surface area contributed by atoms with Gasteiger partial charge in [0, 0.05) is 0 Å². The van der Waals surface area contributed by atoms with E-state index in [1.807, 2.05) is 18.2 Å². The molecular weight excluding hydrogens is 292 g/mol. The summed E-state index contributed by atoms with van der Waals surface area (Å²) >= 11 is 0. The highest BCUT2D eigenvalue weighted by Gasteiger charge is 2.21. The Kier molecular flexibility index (Phi) is 3.97. The first kappa shape index (κ1) is 14.6. The summed E-state index contributed by atoms with van der Waals surface area (Å²) in [4.78, 5) is 32.4. The van der Waals surface area contributed by atoms with Crippen LogP contribution in [-0.2, 0) is 4.79 Å². The van der Waals surface area contributed by atoms with Gasteiger partial charge in [0.1, 0.15) is 11.7 Å². The van der Waals surface area contributed by atoms with E-state index in [2.05, 4.69) is 15.3 Å². The molecule has 6 nitrogen and oxygen atoms in total. The number of nitrogens with one attached hydrogen (secondary N) is 1. The van der Waals surface area contributed by atoms with E-state index in [1.54, 1.807) is 36.4 Å². The highest BCUT2D eigenvalue weighted by Crippen LogP contribution is 2.13. The molecule has 0 unspecified atom stereocenters. The Morgan fingerprint density at radius 3 is 2.30 bits per heavy atom. The van der Waals surface area contributed by atoms with Gasteiger partial charge in [-0.2, -0.15) is 0 Å². The van der Waals surface area contributed by atoms with E-state index < -0.39 is 17.9 Å². The van der Waals surface area contributed by atoms with Crippen molar-refractivity contribution >= 4 is 22.8 Å². The van der Waals surface area contributed by atoms with Crippen molar-refractivity contribution in [3.05, 3.63) is 72.1 Å². The highest BCUT2D eigenvalue weighted by molar-refractivity contribution is 5.97. The van der Waals surface area contributed by atoms with Crippen molar-refractivity contribution in [1.29, 1.82) is 0 Å². The van der Waals surface area contributed by atoms with E-state index in [0.29, 0.717) is 16.6 Å². The smallest absolute Gasteiger partial charge is 0.272 e. The fourth-order valence-electron chi connectivity index (χ4n) is 2.24. The van der Waals surface area contributed by atoms with Gasteiger partial charge in [-0.1, -0.05) is 42.5 Å². The van der Waals surface area contributed by atoms with Crippen LogP contribution >= 0.6 is 0 Å². The van der Waals surface area contributed by atoms with Crippen LogP contribution in [-0.4, -0.2) is 21.8 Å². The van der Waals surface area contributed by atoms with E-state index in [9.17, 15) is 9.59 Å². The average Bonchev–Trinajstić information content (AvgIpc) is 2.59. The number of benzene rings is 2. The standard InChI is InChI=1S/C17H14N4O2/c18-16(22)15(11-6-2-1-3-7-11)21-17(23)14-10-19-12-8-4-5-9-13(12)20-14/h1-10,15H,(H2,18,22)(H,21,23)/t15-/m1/s1.